The molecule has 1 aromatic heterocycles. The maximum atomic E-state index is 12.7. The standard InChI is InChI=1S/C25H33ClN4O5/c1-16(11-12-34-28-30(32)29(6)25(3,4)5)13-22(31)35-23-17(2)27-14-20-21(23)15-33-24(20)18-7-9-19(26)10-8-18/h7-10,14,16,24H,11-13,15H2,1-6H3/b30-28-/t16-,24+/m1/s1. The Balaban J connectivity index is 1.56. The molecule has 0 radical (unpaired) electrons. The number of nitrogens with zero attached hydrogens (tertiary/aromatic N) is 4. The second-order valence-electron chi connectivity index (χ2n) is 9.78. The minimum atomic E-state index is -0.379. The first-order chi connectivity index (χ1) is 16.5. The summed E-state index contributed by atoms with van der Waals surface area (Å²) in [7, 11) is 1.64. The minimum Gasteiger partial charge on any atom is -0.569 e. The second-order valence-corrected chi connectivity index (χ2v) is 10.2. The SMILES string of the molecule is Cc1ncc2c(c1OC(=O)C[C@H](C)CCO/N=[N+](\[O-])N(C)C(C)(C)C)CO[C@H]2c1ccc(Cl)cc1. The Hall–Kier alpha value is -2.91. The molecular formula is C25H33ClN4O5. The lowest BCUT2D eigenvalue weighted by Crippen LogP contribution is -2.42. The van der Waals surface area contributed by atoms with E-state index < -0.39 is 0 Å². The van der Waals surface area contributed by atoms with Crippen molar-refractivity contribution in [1.82, 2.24) is 9.99 Å². The number of fused-ring (bicyclic) bond motifs is 1. The van der Waals surface area contributed by atoms with Gasteiger partial charge in [-0.2, -0.15) is 0 Å². The van der Waals surface area contributed by atoms with Gasteiger partial charge in [-0.3, -0.25) is 9.78 Å². The zero-order valence-corrected chi connectivity index (χ0v) is 21.8. The topological polar surface area (TPSA) is 99.3 Å². The number of hydrogen-bond acceptors (Lipinski definition) is 7. The van der Waals surface area contributed by atoms with Crippen molar-refractivity contribution in [3.8, 4) is 5.75 Å². The monoisotopic (exact) mass is 504 g/mol. The summed E-state index contributed by atoms with van der Waals surface area (Å²) in [5.41, 5.74) is 2.92. The van der Waals surface area contributed by atoms with Crippen LogP contribution in [0, 0.1) is 18.0 Å². The van der Waals surface area contributed by atoms with Crippen LogP contribution in [0.3, 0.4) is 0 Å². The predicted octanol–water partition coefficient (Wildman–Crippen LogP) is 5.52. The van der Waals surface area contributed by atoms with Crippen LogP contribution in [0.1, 0.15) is 69.0 Å². The number of ether oxygens (including phenoxy) is 2. The normalized spacial score (nSPS) is 16.5. The molecule has 35 heavy (non-hydrogen) atoms. The molecule has 3 rings (SSSR count). The highest BCUT2D eigenvalue weighted by Gasteiger charge is 2.30. The van der Waals surface area contributed by atoms with Crippen LogP contribution < -0.4 is 4.74 Å². The molecule has 0 unspecified atom stereocenters. The smallest absolute Gasteiger partial charge is 0.311 e. The number of hydrazine groups is 1. The Morgan fingerprint density at radius 2 is 2.06 bits per heavy atom. The third kappa shape index (κ3) is 6.82. The van der Waals surface area contributed by atoms with Crippen molar-refractivity contribution >= 4 is 17.6 Å². The predicted molar refractivity (Wildman–Crippen MR) is 131 cm³/mol. The van der Waals surface area contributed by atoms with Gasteiger partial charge in [0.2, 0.25) is 5.28 Å². The molecule has 2 heterocycles. The van der Waals surface area contributed by atoms with Crippen LogP contribution in [0.4, 0.5) is 0 Å². The average molecular weight is 505 g/mol. The van der Waals surface area contributed by atoms with Gasteiger partial charge in [-0.15, -0.1) is 5.01 Å². The Labute approximate surface area is 211 Å². The molecule has 0 aliphatic carbocycles. The number of halogens is 1. The van der Waals surface area contributed by atoms with E-state index in [1.54, 1.807) is 20.2 Å². The van der Waals surface area contributed by atoms with Gasteiger partial charge in [-0.1, -0.05) is 30.7 Å². The van der Waals surface area contributed by atoms with E-state index in [-0.39, 0.29) is 36.6 Å². The fraction of sp³-hybridized carbons (Fsp3) is 0.520. The highest BCUT2D eigenvalue weighted by atomic mass is 35.5. The number of carbonyl (C=O) groups excluding carboxylic acids is 1. The maximum absolute atomic E-state index is 12.7. The van der Waals surface area contributed by atoms with Crippen LogP contribution in [-0.2, 0) is 21.0 Å². The summed E-state index contributed by atoms with van der Waals surface area (Å²) in [4.78, 5) is 22.7. The van der Waals surface area contributed by atoms with Crippen LogP contribution in [0.2, 0.25) is 5.02 Å². The van der Waals surface area contributed by atoms with Crippen LogP contribution in [-0.4, -0.2) is 40.1 Å². The van der Waals surface area contributed by atoms with E-state index in [4.69, 9.17) is 25.9 Å². The first-order valence-corrected chi connectivity index (χ1v) is 11.9. The third-order valence-electron chi connectivity index (χ3n) is 5.99. The molecule has 0 fully saturated rings. The molecule has 0 spiro atoms. The van der Waals surface area contributed by atoms with Gasteiger partial charge in [0.15, 0.2) is 5.75 Å². The van der Waals surface area contributed by atoms with E-state index in [9.17, 15) is 10.0 Å². The summed E-state index contributed by atoms with van der Waals surface area (Å²) >= 11 is 6.00. The lowest BCUT2D eigenvalue weighted by Gasteiger charge is -2.26. The fourth-order valence-corrected chi connectivity index (χ4v) is 3.66. The first kappa shape index (κ1) is 26.7. The van der Waals surface area contributed by atoms with Gasteiger partial charge in [0.25, 0.3) is 0 Å². The summed E-state index contributed by atoms with van der Waals surface area (Å²) in [5, 5.41) is 17.6. The van der Waals surface area contributed by atoms with Gasteiger partial charge in [-0.25, -0.2) is 0 Å². The number of esters is 1. The number of carbonyl (C=O) groups is 1. The lowest BCUT2D eigenvalue weighted by atomic mass is 10.00. The van der Waals surface area contributed by atoms with Crippen molar-refractivity contribution in [2.75, 3.05) is 13.7 Å². The highest BCUT2D eigenvalue weighted by molar-refractivity contribution is 6.30. The molecule has 1 aromatic carbocycles. The van der Waals surface area contributed by atoms with Gasteiger partial charge in [0, 0.05) is 28.8 Å². The van der Waals surface area contributed by atoms with Crippen LogP contribution >= 0.6 is 11.6 Å². The Morgan fingerprint density at radius 1 is 1.37 bits per heavy atom. The summed E-state index contributed by atoms with van der Waals surface area (Å²) in [6.45, 7) is 9.94. The summed E-state index contributed by atoms with van der Waals surface area (Å²) < 4.78 is 11.7. The van der Waals surface area contributed by atoms with E-state index in [2.05, 4.69) is 10.3 Å². The van der Waals surface area contributed by atoms with Gasteiger partial charge in [0.05, 0.1) is 29.9 Å². The van der Waals surface area contributed by atoms with Crippen molar-refractivity contribution in [3.63, 3.8) is 0 Å². The van der Waals surface area contributed by atoms with Crippen LogP contribution in [0.15, 0.2) is 35.7 Å². The zero-order valence-electron chi connectivity index (χ0n) is 21.1. The lowest BCUT2D eigenvalue weighted by molar-refractivity contribution is -0.719. The Bertz CT molecular complexity index is 1070. The van der Waals surface area contributed by atoms with Crippen molar-refractivity contribution in [1.29, 1.82) is 0 Å². The minimum absolute atomic E-state index is 0.0266. The molecule has 1 aliphatic rings. The fourth-order valence-electron chi connectivity index (χ4n) is 3.53. The second kappa shape index (κ2) is 11.2. The summed E-state index contributed by atoms with van der Waals surface area (Å²) in [6.07, 6.45) is 2.22. The molecule has 190 valence electrons. The Morgan fingerprint density at radius 3 is 2.71 bits per heavy atom. The van der Waals surface area contributed by atoms with Crippen LogP contribution in [0.25, 0.3) is 0 Å². The Kier molecular flexibility index (Phi) is 8.56. The zero-order chi connectivity index (χ0) is 25.8. The molecule has 1 aliphatic heterocycles. The van der Waals surface area contributed by atoms with Crippen molar-refractivity contribution in [3.05, 3.63) is 63.1 Å². The van der Waals surface area contributed by atoms with E-state index in [1.165, 1.54) is 5.01 Å². The number of aryl methyl sites for hydroxylation is 1. The van der Waals surface area contributed by atoms with Crippen LogP contribution in [0.5, 0.6) is 5.75 Å². The number of hydrogen-bond donors (Lipinski definition) is 0. The molecule has 0 saturated heterocycles. The molecule has 0 amide bonds. The number of benzene rings is 1. The number of aromatic nitrogens is 1. The molecule has 0 N–H and O–H groups in total. The van der Waals surface area contributed by atoms with E-state index in [1.807, 2.05) is 52.0 Å². The van der Waals surface area contributed by atoms with E-state index in [0.29, 0.717) is 34.5 Å². The molecule has 2 atom stereocenters. The average Bonchev–Trinajstić information content (AvgIpc) is 3.22. The molecular weight excluding hydrogens is 472 g/mol. The van der Waals surface area contributed by atoms with Gasteiger partial charge in [0.1, 0.15) is 12.7 Å². The molecule has 2 aromatic rings. The van der Waals surface area contributed by atoms with Gasteiger partial charge in [-0.05, 0) is 57.7 Å². The summed E-state index contributed by atoms with van der Waals surface area (Å²) in [6, 6.07) is 7.46. The first-order valence-electron chi connectivity index (χ1n) is 11.6. The van der Waals surface area contributed by atoms with Gasteiger partial charge < -0.3 is 19.5 Å². The van der Waals surface area contributed by atoms with Crippen molar-refractivity contribution < 1.29 is 24.1 Å². The highest BCUT2D eigenvalue weighted by Crippen LogP contribution is 2.41. The molecule has 9 nitrogen and oxygen atoms in total. The number of rotatable bonds is 9. The van der Waals surface area contributed by atoms with Gasteiger partial charge >= 0.3 is 5.97 Å². The largest absolute Gasteiger partial charge is 0.569 e. The molecule has 10 heteroatoms. The van der Waals surface area contributed by atoms with E-state index in [0.717, 1.165) is 16.7 Å². The number of pyridine rings is 1. The third-order valence-corrected chi connectivity index (χ3v) is 6.24. The van der Waals surface area contributed by atoms with E-state index >= 15 is 0 Å². The van der Waals surface area contributed by atoms with Crippen molar-refractivity contribution in [2.45, 2.75) is 65.7 Å². The molecule has 0 saturated carbocycles. The van der Waals surface area contributed by atoms with Crippen molar-refractivity contribution in [2.24, 2.45) is 11.2 Å². The molecule has 0 bridgehead atoms. The summed E-state index contributed by atoms with van der Waals surface area (Å²) in [5.74, 6) is 0.0662. The quantitative estimate of drug-likeness (QED) is 0.146. The maximum Gasteiger partial charge on any atom is 0.311 e.